The van der Waals surface area contributed by atoms with Crippen molar-refractivity contribution in [3.8, 4) is 23.0 Å². The molecular formula is C40H54N4O8. The molecule has 0 saturated carbocycles. The van der Waals surface area contributed by atoms with E-state index < -0.39 is 0 Å². The normalized spacial score (nSPS) is 10.9. The van der Waals surface area contributed by atoms with Crippen LogP contribution in [0.1, 0.15) is 0 Å². The highest BCUT2D eigenvalue weighted by atomic mass is 16.6. The summed E-state index contributed by atoms with van der Waals surface area (Å²) >= 11 is 0. The van der Waals surface area contributed by atoms with E-state index in [0.29, 0.717) is 92.2 Å². The molecule has 12 nitrogen and oxygen atoms in total. The third kappa shape index (κ3) is 15.4. The molecule has 0 spiro atoms. The molecule has 0 fully saturated rings. The van der Waals surface area contributed by atoms with Gasteiger partial charge in [-0.2, -0.15) is 0 Å². The van der Waals surface area contributed by atoms with E-state index in [1.165, 1.54) is 0 Å². The maximum atomic E-state index is 6.24. The summed E-state index contributed by atoms with van der Waals surface area (Å²) in [5, 5.41) is 13.5. The number of benzene rings is 4. The molecule has 4 aromatic carbocycles. The fourth-order valence-electron chi connectivity index (χ4n) is 4.90. The summed E-state index contributed by atoms with van der Waals surface area (Å²) in [4.78, 5) is 0. The Morgan fingerprint density at radius 1 is 0.327 bits per heavy atom. The summed E-state index contributed by atoms with van der Waals surface area (Å²) in [5.41, 5.74) is 3.61. The summed E-state index contributed by atoms with van der Waals surface area (Å²) in [5.74, 6) is 2.98. The van der Waals surface area contributed by atoms with Crippen molar-refractivity contribution >= 4 is 22.7 Å². The van der Waals surface area contributed by atoms with Gasteiger partial charge in [0.15, 0.2) is 23.0 Å². The molecule has 0 aliphatic carbocycles. The van der Waals surface area contributed by atoms with Crippen molar-refractivity contribution in [3.05, 3.63) is 97.1 Å². The van der Waals surface area contributed by atoms with E-state index in [0.717, 1.165) is 45.7 Å². The van der Waals surface area contributed by atoms with Gasteiger partial charge in [-0.05, 0) is 48.5 Å². The summed E-state index contributed by atoms with van der Waals surface area (Å²) < 4.78 is 45.5. The summed E-state index contributed by atoms with van der Waals surface area (Å²) in [7, 11) is 3.37. The first kappa shape index (κ1) is 40.2. The van der Waals surface area contributed by atoms with Crippen LogP contribution in [0, 0.1) is 0 Å². The zero-order chi connectivity index (χ0) is 36.3. The predicted molar refractivity (Wildman–Crippen MR) is 207 cm³/mol. The van der Waals surface area contributed by atoms with Gasteiger partial charge in [0.2, 0.25) is 0 Å². The van der Waals surface area contributed by atoms with Gasteiger partial charge in [0, 0.05) is 40.4 Å². The van der Waals surface area contributed by atoms with Gasteiger partial charge < -0.3 is 59.2 Å². The molecule has 4 rings (SSSR count). The third-order valence-electron chi connectivity index (χ3n) is 7.47. The van der Waals surface area contributed by atoms with Crippen LogP contribution in [-0.4, -0.2) is 106 Å². The van der Waals surface area contributed by atoms with Crippen molar-refractivity contribution < 1.29 is 37.9 Å². The van der Waals surface area contributed by atoms with Crippen LogP contribution < -0.4 is 30.7 Å². The van der Waals surface area contributed by atoms with Crippen molar-refractivity contribution in [2.45, 2.75) is 0 Å². The molecule has 12 heteroatoms. The molecule has 282 valence electrons. The van der Waals surface area contributed by atoms with Gasteiger partial charge in [0.1, 0.15) is 0 Å². The van der Waals surface area contributed by atoms with Gasteiger partial charge in [-0.1, -0.05) is 48.5 Å². The third-order valence-corrected chi connectivity index (χ3v) is 7.47. The van der Waals surface area contributed by atoms with Crippen molar-refractivity contribution in [1.29, 1.82) is 0 Å². The van der Waals surface area contributed by atoms with E-state index >= 15 is 0 Å². The van der Waals surface area contributed by atoms with E-state index in [9.17, 15) is 0 Å². The van der Waals surface area contributed by atoms with E-state index in [-0.39, 0.29) is 0 Å². The fourth-order valence-corrected chi connectivity index (χ4v) is 4.90. The van der Waals surface area contributed by atoms with E-state index in [2.05, 4.69) is 21.3 Å². The lowest BCUT2D eigenvalue weighted by Gasteiger charge is -2.16. The van der Waals surface area contributed by atoms with Crippen LogP contribution in [0.4, 0.5) is 22.7 Å². The van der Waals surface area contributed by atoms with Gasteiger partial charge in [-0.25, -0.2) is 0 Å². The molecule has 0 amide bonds. The monoisotopic (exact) mass is 718 g/mol. The Kier molecular flexibility index (Phi) is 19.6. The van der Waals surface area contributed by atoms with E-state index in [1.807, 2.05) is 97.1 Å². The highest BCUT2D eigenvalue weighted by Crippen LogP contribution is 2.35. The molecule has 0 unspecified atom stereocenters. The zero-order valence-electron chi connectivity index (χ0n) is 30.4. The molecule has 0 bridgehead atoms. The van der Waals surface area contributed by atoms with Crippen LogP contribution >= 0.6 is 0 Å². The van der Waals surface area contributed by atoms with Crippen LogP contribution in [0.2, 0.25) is 0 Å². The molecule has 52 heavy (non-hydrogen) atoms. The minimum atomic E-state index is 0.498. The lowest BCUT2D eigenvalue weighted by Crippen LogP contribution is -2.15. The van der Waals surface area contributed by atoms with Crippen LogP contribution in [-0.2, 0) is 28.4 Å². The van der Waals surface area contributed by atoms with Crippen molar-refractivity contribution in [2.24, 2.45) is 0 Å². The standard InChI is InChI=1S/C40H54N4O8/c1-45-23-19-41-33-11-3-7-15-37(33)51-39-17-9-5-13-35(39)43-21-25-47-27-29-49-31-32-50-30-28-48-26-22-44-36-14-6-10-18-40(36)52-38-16-8-4-12-34(38)42-20-24-46-2/h3-18,41-44H,19-32H2,1-2H3. The van der Waals surface area contributed by atoms with Gasteiger partial charge in [-0.3, -0.25) is 0 Å². The van der Waals surface area contributed by atoms with Crippen LogP contribution in [0.5, 0.6) is 23.0 Å². The zero-order valence-corrected chi connectivity index (χ0v) is 30.4. The number of ether oxygens (including phenoxy) is 8. The second kappa shape index (κ2) is 25.4. The Morgan fingerprint density at radius 3 is 0.865 bits per heavy atom. The number of rotatable bonds is 29. The van der Waals surface area contributed by atoms with Gasteiger partial charge >= 0.3 is 0 Å². The Bertz CT molecular complexity index is 1420. The van der Waals surface area contributed by atoms with E-state index in [1.54, 1.807) is 14.2 Å². The number of para-hydroxylation sites is 8. The Morgan fingerprint density at radius 2 is 0.577 bits per heavy atom. The number of nitrogens with one attached hydrogen (secondary N) is 4. The van der Waals surface area contributed by atoms with Gasteiger partial charge in [0.25, 0.3) is 0 Å². The first-order chi connectivity index (χ1) is 25.8. The lowest BCUT2D eigenvalue weighted by atomic mass is 10.2. The minimum Gasteiger partial charge on any atom is -0.453 e. The van der Waals surface area contributed by atoms with Gasteiger partial charge in [-0.15, -0.1) is 0 Å². The number of anilines is 4. The Balaban J connectivity index is 0.992. The predicted octanol–water partition coefficient (Wildman–Crippen LogP) is 6.98. The first-order valence-electron chi connectivity index (χ1n) is 17.7. The minimum absolute atomic E-state index is 0.498. The molecule has 0 radical (unpaired) electrons. The summed E-state index contributed by atoms with van der Waals surface area (Å²) in [6.45, 7) is 7.95. The highest BCUT2D eigenvalue weighted by Gasteiger charge is 2.09. The summed E-state index contributed by atoms with van der Waals surface area (Å²) in [6.07, 6.45) is 0. The first-order valence-corrected chi connectivity index (χ1v) is 17.7. The lowest BCUT2D eigenvalue weighted by molar-refractivity contribution is 0.000296. The van der Waals surface area contributed by atoms with Crippen molar-refractivity contribution in [2.75, 3.05) is 128 Å². The maximum Gasteiger partial charge on any atom is 0.150 e. The van der Waals surface area contributed by atoms with Crippen molar-refractivity contribution in [1.82, 2.24) is 0 Å². The Labute approximate surface area is 308 Å². The van der Waals surface area contributed by atoms with E-state index in [4.69, 9.17) is 37.9 Å². The molecule has 0 heterocycles. The molecule has 0 atom stereocenters. The number of hydrogen-bond donors (Lipinski definition) is 4. The number of hydrogen-bond acceptors (Lipinski definition) is 12. The molecular weight excluding hydrogens is 664 g/mol. The van der Waals surface area contributed by atoms with Crippen LogP contribution in [0.3, 0.4) is 0 Å². The molecule has 0 aliphatic heterocycles. The SMILES string of the molecule is COCCNc1ccccc1Oc1ccccc1NCCOCCOCCOCCOCCNc1ccccc1Oc1ccccc1NCCOC. The second-order valence-electron chi connectivity index (χ2n) is 11.3. The smallest absolute Gasteiger partial charge is 0.150 e. The highest BCUT2D eigenvalue weighted by molar-refractivity contribution is 5.63. The Hall–Kier alpha value is -4.56. The maximum absolute atomic E-state index is 6.24. The largest absolute Gasteiger partial charge is 0.453 e. The van der Waals surface area contributed by atoms with Crippen LogP contribution in [0.15, 0.2) is 97.1 Å². The average molecular weight is 719 g/mol. The second-order valence-corrected chi connectivity index (χ2v) is 11.3. The number of methoxy groups -OCH3 is 2. The average Bonchev–Trinajstić information content (AvgIpc) is 3.17. The molecule has 4 aromatic rings. The van der Waals surface area contributed by atoms with Gasteiger partial charge in [0.05, 0.1) is 88.8 Å². The van der Waals surface area contributed by atoms with Crippen molar-refractivity contribution in [3.63, 3.8) is 0 Å². The summed E-state index contributed by atoms with van der Waals surface area (Å²) in [6, 6.07) is 31.4. The molecule has 4 N–H and O–H groups in total. The fraction of sp³-hybridized carbons (Fsp3) is 0.400. The molecule has 0 saturated heterocycles. The van der Waals surface area contributed by atoms with Crippen LogP contribution in [0.25, 0.3) is 0 Å². The molecule has 0 aromatic heterocycles. The quantitative estimate of drug-likeness (QED) is 0.0434. The topological polar surface area (TPSA) is 122 Å². The molecule has 0 aliphatic rings.